The first-order valence-electron chi connectivity index (χ1n) is 8.61. The van der Waals surface area contributed by atoms with Crippen LogP contribution >= 0.6 is 0 Å². The number of amides is 2. The number of fused-ring (bicyclic) bond motifs is 1. The van der Waals surface area contributed by atoms with E-state index < -0.39 is 17.7 Å². The Bertz CT molecular complexity index is 1060. The largest absolute Gasteiger partial charge is 0.427 e. The van der Waals surface area contributed by atoms with E-state index in [0.29, 0.717) is 5.56 Å². The van der Waals surface area contributed by atoms with Crippen molar-refractivity contribution in [1.29, 1.82) is 0 Å². The second-order valence-corrected chi connectivity index (χ2v) is 6.80. The average Bonchev–Trinajstić information content (AvgIpc) is 3.44. The minimum Gasteiger partial charge on any atom is -0.310 e. The van der Waals surface area contributed by atoms with Crippen LogP contribution in [0.1, 0.15) is 24.0 Å². The highest BCUT2D eigenvalue weighted by molar-refractivity contribution is 5.95. The van der Waals surface area contributed by atoms with E-state index in [2.05, 4.69) is 22.1 Å². The summed E-state index contributed by atoms with van der Waals surface area (Å²) in [5, 5.41) is 4.38. The minimum atomic E-state index is -4.80. The van der Waals surface area contributed by atoms with Crippen LogP contribution in [0.15, 0.2) is 41.6 Å². The maximum absolute atomic E-state index is 14.0. The van der Waals surface area contributed by atoms with E-state index in [1.807, 2.05) is 5.32 Å². The molecule has 1 aliphatic heterocycles. The molecule has 0 spiro atoms. The van der Waals surface area contributed by atoms with Gasteiger partial charge in [-0.3, -0.25) is 9.36 Å². The molecule has 1 unspecified atom stereocenters. The molecule has 0 radical (unpaired) electrons. The number of alkyl halides is 3. The average molecular weight is 388 g/mol. The summed E-state index contributed by atoms with van der Waals surface area (Å²) in [4.78, 5) is 27.7. The lowest BCUT2D eigenvalue weighted by Crippen LogP contribution is -2.59. The summed E-state index contributed by atoms with van der Waals surface area (Å²) < 4.78 is 43.4. The summed E-state index contributed by atoms with van der Waals surface area (Å²) in [6, 6.07) is 4.49. The van der Waals surface area contributed by atoms with Gasteiger partial charge in [0.05, 0.1) is 12.9 Å². The minimum absolute atomic E-state index is 0.0145. The number of hydrogen-bond acceptors (Lipinski definition) is 3. The number of nitrogens with zero attached hydrogens (tertiary/aromatic N) is 2. The van der Waals surface area contributed by atoms with Crippen molar-refractivity contribution in [1.82, 2.24) is 14.9 Å². The van der Waals surface area contributed by atoms with Crippen LogP contribution in [0, 0.1) is 17.8 Å². The van der Waals surface area contributed by atoms with Gasteiger partial charge in [-0.15, -0.1) is 0 Å². The molecule has 9 heteroatoms. The Hall–Kier alpha value is -3.28. The molecule has 144 valence electrons. The van der Waals surface area contributed by atoms with Crippen LogP contribution in [0.5, 0.6) is 0 Å². The Balaban J connectivity index is 1.78. The van der Waals surface area contributed by atoms with Gasteiger partial charge in [-0.1, -0.05) is 24.0 Å². The van der Waals surface area contributed by atoms with E-state index in [4.69, 9.17) is 0 Å². The second kappa shape index (κ2) is 6.41. The molecule has 28 heavy (non-hydrogen) atoms. The van der Waals surface area contributed by atoms with Crippen molar-refractivity contribution in [2.24, 2.45) is 5.92 Å². The van der Waals surface area contributed by atoms with Crippen molar-refractivity contribution in [2.45, 2.75) is 31.1 Å². The quantitative estimate of drug-likeness (QED) is 0.777. The summed E-state index contributed by atoms with van der Waals surface area (Å²) in [5.41, 5.74) is -2.67. The number of nitrogens with one attached hydrogen (secondary N) is 2. The van der Waals surface area contributed by atoms with Crippen LogP contribution in [0.3, 0.4) is 0 Å². The highest BCUT2D eigenvalue weighted by atomic mass is 19.4. The summed E-state index contributed by atoms with van der Waals surface area (Å²) in [6.07, 6.45) is -0.586. The van der Waals surface area contributed by atoms with Gasteiger partial charge in [0.1, 0.15) is 0 Å². The van der Waals surface area contributed by atoms with E-state index >= 15 is 0 Å². The smallest absolute Gasteiger partial charge is 0.310 e. The van der Waals surface area contributed by atoms with Crippen LogP contribution < -0.4 is 16.2 Å². The van der Waals surface area contributed by atoms with Gasteiger partial charge in [0.25, 0.3) is 5.56 Å². The summed E-state index contributed by atoms with van der Waals surface area (Å²) in [5.74, 6) is 4.86. The number of hydrogen-bond donors (Lipinski definition) is 2. The van der Waals surface area contributed by atoms with Gasteiger partial charge in [-0.25, -0.2) is 9.78 Å². The Morgan fingerprint density at radius 1 is 1.25 bits per heavy atom. The SMILES string of the molecule is O=C1Nc2cc(Cn3cnccc3=O)ccc2C(C#CC2CC2)(C(F)(F)F)N1. The molecule has 0 saturated heterocycles. The van der Waals surface area contributed by atoms with E-state index in [0.717, 1.165) is 12.8 Å². The zero-order valence-corrected chi connectivity index (χ0v) is 14.5. The van der Waals surface area contributed by atoms with E-state index in [1.54, 1.807) is 0 Å². The van der Waals surface area contributed by atoms with Crippen molar-refractivity contribution >= 4 is 11.7 Å². The molecule has 1 aromatic heterocycles. The van der Waals surface area contributed by atoms with Crippen molar-refractivity contribution in [2.75, 3.05) is 5.32 Å². The predicted molar refractivity (Wildman–Crippen MR) is 94.4 cm³/mol. The fourth-order valence-corrected chi connectivity index (χ4v) is 3.04. The van der Waals surface area contributed by atoms with E-state index in [1.165, 1.54) is 41.4 Å². The van der Waals surface area contributed by atoms with Crippen molar-refractivity contribution in [3.63, 3.8) is 0 Å². The molecule has 2 amide bonds. The molecule has 4 rings (SSSR count). The number of benzene rings is 1. The lowest BCUT2D eigenvalue weighted by Gasteiger charge is -2.37. The third-order valence-electron chi connectivity index (χ3n) is 4.65. The molecular weight excluding hydrogens is 373 g/mol. The molecule has 1 aromatic carbocycles. The van der Waals surface area contributed by atoms with E-state index in [9.17, 15) is 22.8 Å². The second-order valence-electron chi connectivity index (χ2n) is 6.80. The van der Waals surface area contributed by atoms with Crippen LogP contribution in [-0.4, -0.2) is 21.8 Å². The summed E-state index contributed by atoms with van der Waals surface area (Å²) >= 11 is 0. The van der Waals surface area contributed by atoms with Crippen LogP contribution in [-0.2, 0) is 12.1 Å². The van der Waals surface area contributed by atoms with Crippen molar-refractivity contribution in [3.05, 3.63) is 58.3 Å². The molecule has 1 aliphatic carbocycles. The monoisotopic (exact) mass is 388 g/mol. The first-order chi connectivity index (χ1) is 13.3. The number of carbonyl (C=O) groups is 1. The molecule has 1 atom stereocenters. The summed E-state index contributed by atoms with van der Waals surface area (Å²) in [7, 11) is 0. The molecule has 1 fully saturated rings. The normalized spacial score (nSPS) is 21.0. The highest BCUT2D eigenvalue weighted by Gasteiger charge is 2.59. The summed E-state index contributed by atoms with van der Waals surface area (Å²) in [6.45, 7) is 0.107. The number of aromatic nitrogens is 2. The lowest BCUT2D eigenvalue weighted by molar-refractivity contribution is -0.178. The Morgan fingerprint density at radius 3 is 2.71 bits per heavy atom. The van der Waals surface area contributed by atoms with Gasteiger partial charge in [-0.05, 0) is 24.5 Å². The maximum atomic E-state index is 14.0. The van der Waals surface area contributed by atoms with Crippen molar-refractivity contribution < 1.29 is 18.0 Å². The first kappa shape index (κ1) is 18.1. The van der Waals surface area contributed by atoms with Gasteiger partial charge in [0.15, 0.2) is 0 Å². The number of carbonyl (C=O) groups excluding carboxylic acids is 1. The zero-order valence-electron chi connectivity index (χ0n) is 14.5. The number of rotatable bonds is 2. The van der Waals surface area contributed by atoms with Crippen LogP contribution in [0.25, 0.3) is 0 Å². The molecule has 2 aromatic rings. The van der Waals surface area contributed by atoms with Crippen LogP contribution in [0.4, 0.5) is 23.7 Å². The Morgan fingerprint density at radius 2 is 2.04 bits per heavy atom. The molecule has 2 N–H and O–H groups in total. The third-order valence-corrected chi connectivity index (χ3v) is 4.65. The predicted octanol–water partition coefficient (Wildman–Crippen LogP) is 2.60. The zero-order chi connectivity index (χ0) is 19.9. The third kappa shape index (κ3) is 3.22. The van der Waals surface area contributed by atoms with E-state index in [-0.39, 0.29) is 29.3 Å². The number of anilines is 1. The highest BCUT2D eigenvalue weighted by Crippen LogP contribution is 2.44. The molecule has 0 bridgehead atoms. The van der Waals surface area contributed by atoms with Gasteiger partial charge in [0.2, 0.25) is 5.54 Å². The fourth-order valence-electron chi connectivity index (χ4n) is 3.04. The molecule has 6 nitrogen and oxygen atoms in total. The first-order valence-corrected chi connectivity index (χ1v) is 8.61. The molecular formula is C19H15F3N4O2. The Kier molecular flexibility index (Phi) is 4.14. The topological polar surface area (TPSA) is 76.0 Å². The molecule has 2 heterocycles. The molecule has 1 saturated carbocycles. The van der Waals surface area contributed by atoms with Gasteiger partial charge in [0, 0.05) is 29.4 Å². The van der Waals surface area contributed by atoms with Gasteiger partial charge >= 0.3 is 12.2 Å². The number of halogens is 3. The fraction of sp³-hybridized carbons (Fsp3) is 0.316. The van der Waals surface area contributed by atoms with Gasteiger partial charge < -0.3 is 10.6 Å². The van der Waals surface area contributed by atoms with Crippen molar-refractivity contribution in [3.8, 4) is 11.8 Å². The lowest BCUT2D eigenvalue weighted by atomic mass is 9.85. The Labute approximate surface area is 157 Å². The van der Waals surface area contributed by atoms with Crippen LogP contribution in [0.2, 0.25) is 0 Å². The van der Waals surface area contributed by atoms with Gasteiger partial charge in [-0.2, -0.15) is 13.2 Å². The standard InChI is InChI=1S/C19H15F3N4O2/c20-19(21,22)18(7-5-12-1-2-12)14-4-3-13(9-15(14)24-17(28)25-18)10-26-11-23-8-6-16(26)27/h3-4,6,8-9,11-12H,1-2,10H2,(H2,24,25,28). The maximum Gasteiger partial charge on any atom is 0.427 e. The number of urea groups is 1. The molecule has 2 aliphatic rings.